The summed E-state index contributed by atoms with van der Waals surface area (Å²) in [5.41, 5.74) is 4.56. The van der Waals surface area contributed by atoms with Crippen LogP contribution in [-0.2, 0) is 0 Å². The van der Waals surface area contributed by atoms with Crippen molar-refractivity contribution in [3.63, 3.8) is 0 Å². The summed E-state index contributed by atoms with van der Waals surface area (Å²) in [6, 6.07) is 8.78. The van der Waals surface area contributed by atoms with Gasteiger partial charge in [0.05, 0.1) is 16.7 Å². The number of nitrogens with zero attached hydrogens (tertiary/aromatic N) is 1. The molecular formula is C20H21N3O2S. The lowest BCUT2D eigenvalue weighted by molar-refractivity contribution is 0.0939. The van der Waals surface area contributed by atoms with Gasteiger partial charge in [-0.05, 0) is 57.0 Å². The molecule has 3 rings (SSSR count). The van der Waals surface area contributed by atoms with Crippen molar-refractivity contribution in [3.05, 3.63) is 73.6 Å². The Hall–Kier alpha value is -2.73. The number of carbonyl (C=O) groups excluding carboxylic acids is 1. The third kappa shape index (κ3) is 3.75. The van der Waals surface area contributed by atoms with Crippen molar-refractivity contribution < 1.29 is 4.79 Å². The number of pyridine rings is 1. The number of carbonyl (C=O) groups is 1. The van der Waals surface area contributed by atoms with E-state index < -0.39 is 0 Å². The molecule has 5 nitrogen and oxygen atoms in total. The lowest BCUT2D eigenvalue weighted by atomic mass is 10.0. The number of benzene rings is 1. The van der Waals surface area contributed by atoms with Gasteiger partial charge in [-0.25, -0.2) is 4.98 Å². The molecule has 134 valence electrons. The molecule has 0 aliphatic carbocycles. The molecule has 1 aromatic carbocycles. The number of hydrogen-bond donors (Lipinski definition) is 2. The molecule has 1 amide bonds. The lowest BCUT2D eigenvalue weighted by Gasteiger charge is -2.12. The monoisotopic (exact) mass is 367 g/mol. The van der Waals surface area contributed by atoms with Gasteiger partial charge >= 0.3 is 0 Å². The van der Waals surface area contributed by atoms with Crippen LogP contribution < -0.4 is 10.9 Å². The van der Waals surface area contributed by atoms with E-state index >= 15 is 0 Å². The van der Waals surface area contributed by atoms with Gasteiger partial charge in [0.25, 0.3) is 11.5 Å². The zero-order chi connectivity index (χ0) is 18.8. The minimum absolute atomic E-state index is 0.127. The average Bonchev–Trinajstić information content (AvgIpc) is 3.05. The van der Waals surface area contributed by atoms with Crippen LogP contribution in [0.3, 0.4) is 0 Å². The van der Waals surface area contributed by atoms with Gasteiger partial charge in [0.15, 0.2) is 0 Å². The maximum absolute atomic E-state index is 12.4. The summed E-state index contributed by atoms with van der Waals surface area (Å²) >= 11 is 1.56. The molecule has 3 aromatic rings. The molecule has 0 radical (unpaired) electrons. The van der Waals surface area contributed by atoms with E-state index in [0.29, 0.717) is 11.1 Å². The van der Waals surface area contributed by atoms with Crippen molar-refractivity contribution in [2.45, 2.75) is 33.7 Å². The van der Waals surface area contributed by atoms with Crippen molar-refractivity contribution in [3.8, 4) is 11.1 Å². The Morgan fingerprint density at radius 3 is 2.50 bits per heavy atom. The molecule has 2 aromatic heterocycles. The van der Waals surface area contributed by atoms with Crippen LogP contribution in [0.25, 0.3) is 11.1 Å². The van der Waals surface area contributed by atoms with E-state index in [4.69, 9.17) is 0 Å². The molecule has 2 N–H and O–H groups in total. The SMILES string of the molecule is Cc1nc(C(C)NC(=O)c2ccc(-c3cc(C)c(C)[nH]c3=O)cc2)cs1. The van der Waals surface area contributed by atoms with Gasteiger partial charge < -0.3 is 10.3 Å². The van der Waals surface area contributed by atoms with E-state index in [1.807, 2.05) is 39.1 Å². The molecule has 2 heterocycles. The highest BCUT2D eigenvalue weighted by molar-refractivity contribution is 7.09. The van der Waals surface area contributed by atoms with E-state index in [1.54, 1.807) is 35.6 Å². The van der Waals surface area contributed by atoms with Gasteiger partial charge in [-0.3, -0.25) is 9.59 Å². The standard InChI is InChI=1S/C20H21N3O2S/c1-11-9-17(20(25)21-12(11)2)15-5-7-16(8-6-15)19(24)22-13(3)18-10-26-14(4)23-18/h5-10,13H,1-4H3,(H,21,25)(H,22,24). The van der Waals surface area contributed by atoms with Gasteiger partial charge in [0.1, 0.15) is 0 Å². The van der Waals surface area contributed by atoms with Crippen LogP contribution in [0.15, 0.2) is 40.5 Å². The van der Waals surface area contributed by atoms with Gasteiger partial charge in [-0.15, -0.1) is 11.3 Å². The highest BCUT2D eigenvalue weighted by Gasteiger charge is 2.14. The predicted molar refractivity (Wildman–Crippen MR) is 105 cm³/mol. The zero-order valence-electron chi connectivity index (χ0n) is 15.2. The quantitative estimate of drug-likeness (QED) is 0.734. The van der Waals surface area contributed by atoms with E-state index in [-0.39, 0.29) is 17.5 Å². The molecule has 0 saturated carbocycles. The summed E-state index contributed by atoms with van der Waals surface area (Å²) in [5.74, 6) is -0.163. The summed E-state index contributed by atoms with van der Waals surface area (Å²) in [6.45, 7) is 7.68. The van der Waals surface area contributed by atoms with Crippen molar-refractivity contribution >= 4 is 17.2 Å². The Morgan fingerprint density at radius 1 is 1.19 bits per heavy atom. The maximum Gasteiger partial charge on any atom is 0.256 e. The average molecular weight is 367 g/mol. The molecule has 0 saturated heterocycles. The highest BCUT2D eigenvalue weighted by atomic mass is 32.1. The molecule has 0 aliphatic heterocycles. The summed E-state index contributed by atoms with van der Waals surface area (Å²) in [4.78, 5) is 31.9. The Bertz CT molecular complexity index is 1000. The molecule has 6 heteroatoms. The number of H-pyrrole nitrogens is 1. The Balaban J connectivity index is 1.78. The molecule has 1 unspecified atom stereocenters. The summed E-state index contributed by atoms with van der Waals surface area (Å²) in [5, 5.41) is 5.88. The fourth-order valence-electron chi connectivity index (χ4n) is 2.68. The summed E-state index contributed by atoms with van der Waals surface area (Å²) < 4.78 is 0. The molecule has 0 aliphatic rings. The lowest BCUT2D eigenvalue weighted by Crippen LogP contribution is -2.26. The molecule has 0 bridgehead atoms. The van der Waals surface area contributed by atoms with E-state index in [1.165, 1.54) is 0 Å². The Morgan fingerprint density at radius 2 is 1.88 bits per heavy atom. The first kappa shape index (κ1) is 18.1. The smallest absolute Gasteiger partial charge is 0.256 e. The van der Waals surface area contributed by atoms with Crippen LogP contribution in [0.5, 0.6) is 0 Å². The number of thiazole rings is 1. The second-order valence-electron chi connectivity index (χ2n) is 6.38. The number of aryl methyl sites for hydroxylation is 3. The molecule has 1 atom stereocenters. The second-order valence-corrected chi connectivity index (χ2v) is 7.45. The molecule has 0 spiro atoms. The minimum atomic E-state index is -0.163. The van der Waals surface area contributed by atoms with Crippen LogP contribution >= 0.6 is 11.3 Å². The van der Waals surface area contributed by atoms with Crippen LogP contribution in [0.2, 0.25) is 0 Å². The first-order valence-electron chi connectivity index (χ1n) is 8.39. The second kappa shape index (κ2) is 7.25. The number of amides is 1. The number of hydrogen-bond acceptors (Lipinski definition) is 4. The largest absolute Gasteiger partial charge is 0.344 e. The summed E-state index contributed by atoms with van der Waals surface area (Å²) in [7, 11) is 0. The number of rotatable bonds is 4. The first-order chi connectivity index (χ1) is 12.3. The van der Waals surface area contributed by atoms with Crippen LogP contribution in [0.4, 0.5) is 0 Å². The normalized spacial score (nSPS) is 12.0. The van der Waals surface area contributed by atoms with Crippen LogP contribution in [0.1, 0.15) is 45.3 Å². The number of aromatic nitrogens is 2. The van der Waals surface area contributed by atoms with Gasteiger partial charge in [-0.1, -0.05) is 12.1 Å². The Labute approximate surface area is 156 Å². The Kier molecular flexibility index (Phi) is 5.04. The first-order valence-corrected chi connectivity index (χ1v) is 9.27. The zero-order valence-corrected chi connectivity index (χ0v) is 16.0. The van der Waals surface area contributed by atoms with Gasteiger partial charge in [-0.2, -0.15) is 0 Å². The summed E-state index contributed by atoms with van der Waals surface area (Å²) in [6.07, 6.45) is 0. The fraction of sp³-hybridized carbons (Fsp3) is 0.250. The third-order valence-corrected chi connectivity index (χ3v) is 5.18. The predicted octanol–water partition coefficient (Wildman–Crippen LogP) is 3.91. The molecule has 26 heavy (non-hydrogen) atoms. The van der Waals surface area contributed by atoms with Gasteiger partial charge in [0.2, 0.25) is 0 Å². The maximum atomic E-state index is 12.4. The van der Waals surface area contributed by atoms with E-state index in [9.17, 15) is 9.59 Å². The van der Waals surface area contributed by atoms with Crippen molar-refractivity contribution in [2.24, 2.45) is 0 Å². The van der Waals surface area contributed by atoms with Crippen molar-refractivity contribution in [2.75, 3.05) is 0 Å². The topological polar surface area (TPSA) is 74.8 Å². The molecular weight excluding hydrogens is 346 g/mol. The highest BCUT2D eigenvalue weighted by Crippen LogP contribution is 2.19. The molecule has 0 fully saturated rings. The minimum Gasteiger partial charge on any atom is -0.344 e. The van der Waals surface area contributed by atoms with Crippen LogP contribution in [-0.4, -0.2) is 15.9 Å². The fourth-order valence-corrected chi connectivity index (χ4v) is 3.38. The van der Waals surface area contributed by atoms with E-state index in [0.717, 1.165) is 27.5 Å². The van der Waals surface area contributed by atoms with Crippen molar-refractivity contribution in [1.82, 2.24) is 15.3 Å². The number of nitrogens with one attached hydrogen (secondary N) is 2. The van der Waals surface area contributed by atoms with E-state index in [2.05, 4.69) is 15.3 Å². The van der Waals surface area contributed by atoms with Gasteiger partial charge in [0, 0.05) is 22.2 Å². The third-order valence-electron chi connectivity index (χ3n) is 4.38. The number of aromatic amines is 1. The van der Waals surface area contributed by atoms with Crippen molar-refractivity contribution in [1.29, 1.82) is 0 Å². The van der Waals surface area contributed by atoms with Crippen LogP contribution in [0, 0.1) is 20.8 Å².